The molecule has 1 aliphatic rings. The molecule has 1 amide bonds. The molecule has 0 spiro atoms. The van der Waals surface area contributed by atoms with Gasteiger partial charge in [-0.15, -0.1) is 0 Å². The summed E-state index contributed by atoms with van der Waals surface area (Å²) in [4.78, 5) is 23.0. The first-order valence-electron chi connectivity index (χ1n) is 9.21. The zero-order chi connectivity index (χ0) is 19.8. The summed E-state index contributed by atoms with van der Waals surface area (Å²) in [5.74, 6) is 0.223. The molecule has 0 aliphatic heterocycles. The van der Waals surface area contributed by atoms with E-state index in [9.17, 15) is 9.59 Å². The summed E-state index contributed by atoms with van der Waals surface area (Å²) in [5.41, 5.74) is 4.80. The van der Waals surface area contributed by atoms with Crippen LogP contribution in [0, 0.1) is 0 Å². The Kier molecular flexibility index (Phi) is 7.33. The van der Waals surface area contributed by atoms with Crippen LogP contribution in [0.3, 0.4) is 0 Å². The zero-order valence-corrected chi connectivity index (χ0v) is 16.6. The van der Waals surface area contributed by atoms with E-state index >= 15 is 0 Å². The standard InChI is InChI=1S/C21H24N2O4S/c1-26-20(24)11-6-12-23-28-14-22-21(25)27-13-19-17-9-4-2-7-15(17)16-8-3-5-10-18(16)19/h2-5,7-10,19,23H,6,11-14H2,1H3,(H,22,25). The molecule has 6 nitrogen and oxygen atoms in total. The molecular formula is C21H24N2O4S. The van der Waals surface area contributed by atoms with Crippen molar-refractivity contribution in [1.82, 2.24) is 10.0 Å². The van der Waals surface area contributed by atoms with Crippen LogP contribution in [0.5, 0.6) is 0 Å². The third-order valence-corrected chi connectivity index (χ3v) is 5.32. The van der Waals surface area contributed by atoms with E-state index in [1.807, 2.05) is 24.3 Å². The molecule has 0 atom stereocenters. The first-order chi connectivity index (χ1) is 13.7. The first-order valence-corrected chi connectivity index (χ1v) is 10.2. The van der Waals surface area contributed by atoms with Crippen molar-refractivity contribution in [1.29, 1.82) is 0 Å². The molecule has 0 unspecified atom stereocenters. The molecule has 0 saturated heterocycles. The molecule has 7 heteroatoms. The monoisotopic (exact) mass is 400 g/mol. The third-order valence-electron chi connectivity index (χ3n) is 4.62. The smallest absolute Gasteiger partial charge is 0.407 e. The quantitative estimate of drug-likeness (QED) is 0.289. The molecule has 1 aliphatic carbocycles. The molecular weight excluding hydrogens is 376 g/mol. The van der Waals surface area contributed by atoms with Crippen molar-refractivity contribution in [2.24, 2.45) is 0 Å². The molecule has 0 fully saturated rings. The van der Waals surface area contributed by atoms with Crippen LogP contribution in [0.4, 0.5) is 4.79 Å². The maximum absolute atomic E-state index is 12.0. The van der Waals surface area contributed by atoms with Crippen molar-refractivity contribution in [2.45, 2.75) is 18.8 Å². The summed E-state index contributed by atoms with van der Waals surface area (Å²) < 4.78 is 13.1. The Hall–Kier alpha value is -2.51. The minimum Gasteiger partial charge on any atom is -0.469 e. The Bertz CT molecular complexity index is 782. The van der Waals surface area contributed by atoms with Crippen LogP contribution in [-0.2, 0) is 14.3 Å². The number of ether oxygens (including phenoxy) is 2. The van der Waals surface area contributed by atoms with E-state index < -0.39 is 6.09 Å². The van der Waals surface area contributed by atoms with Crippen LogP contribution in [0.2, 0.25) is 0 Å². The number of alkyl carbamates (subject to hydrolysis) is 1. The predicted molar refractivity (Wildman–Crippen MR) is 110 cm³/mol. The normalized spacial score (nSPS) is 12.2. The lowest BCUT2D eigenvalue weighted by Gasteiger charge is -2.14. The molecule has 2 aromatic carbocycles. The van der Waals surface area contributed by atoms with E-state index in [0.29, 0.717) is 31.9 Å². The number of carbonyl (C=O) groups excluding carboxylic acids is 2. The fourth-order valence-corrected chi connectivity index (χ4v) is 3.86. The lowest BCUT2D eigenvalue weighted by atomic mass is 9.98. The number of nitrogens with one attached hydrogen (secondary N) is 2. The fourth-order valence-electron chi connectivity index (χ4n) is 3.27. The van der Waals surface area contributed by atoms with Crippen molar-refractivity contribution in [2.75, 3.05) is 26.1 Å². The minimum absolute atomic E-state index is 0.0576. The van der Waals surface area contributed by atoms with Gasteiger partial charge in [-0.25, -0.2) is 4.79 Å². The van der Waals surface area contributed by atoms with Gasteiger partial charge in [0, 0.05) is 18.9 Å². The number of carbonyl (C=O) groups is 2. The molecule has 3 rings (SSSR count). The molecule has 0 radical (unpaired) electrons. The van der Waals surface area contributed by atoms with Crippen molar-refractivity contribution in [3.63, 3.8) is 0 Å². The van der Waals surface area contributed by atoms with Crippen molar-refractivity contribution < 1.29 is 19.1 Å². The minimum atomic E-state index is -0.439. The summed E-state index contributed by atoms with van der Waals surface area (Å²) in [6.45, 7) is 0.962. The van der Waals surface area contributed by atoms with Gasteiger partial charge in [0.15, 0.2) is 0 Å². The second-order valence-electron chi connectivity index (χ2n) is 6.37. The average Bonchev–Trinajstić information content (AvgIpc) is 3.05. The van der Waals surface area contributed by atoms with E-state index in [4.69, 9.17) is 4.74 Å². The summed E-state index contributed by atoms with van der Waals surface area (Å²) >= 11 is 1.36. The predicted octanol–water partition coefficient (Wildman–Crippen LogP) is 3.67. The van der Waals surface area contributed by atoms with Gasteiger partial charge < -0.3 is 14.8 Å². The highest BCUT2D eigenvalue weighted by atomic mass is 32.2. The molecule has 0 bridgehead atoms. The third kappa shape index (κ3) is 5.05. The SMILES string of the molecule is COC(=O)CCCNSCNC(=O)OCC1c2ccccc2-c2ccccc21. The van der Waals surface area contributed by atoms with Crippen molar-refractivity contribution >= 4 is 24.0 Å². The Morgan fingerprint density at radius 3 is 2.32 bits per heavy atom. The van der Waals surface area contributed by atoms with Gasteiger partial charge in [0.05, 0.1) is 13.0 Å². The number of fused-ring (bicyclic) bond motifs is 3. The second-order valence-corrected chi connectivity index (χ2v) is 7.23. The molecule has 0 aromatic heterocycles. The first kappa shape index (κ1) is 20.2. The number of esters is 1. The second kappa shape index (κ2) is 10.1. The number of amides is 1. The molecule has 148 valence electrons. The van der Waals surface area contributed by atoms with Crippen LogP contribution in [0.25, 0.3) is 11.1 Å². The molecule has 2 N–H and O–H groups in total. The molecule has 0 heterocycles. The lowest BCUT2D eigenvalue weighted by Crippen LogP contribution is -2.27. The Morgan fingerprint density at radius 1 is 1.04 bits per heavy atom. The van der Waals surface area contributed by atoms with Crippen LogP contribution >= 0.6 is 11.9 Å². The van der Waals surface area contributed by atoms with Gasteiger partial charge in [-0.3, -0.25) is 9.52 Å². The van der Waals surface area contributed by atoms with Crippen LogP contribution in [0.1, 0.15) is 29.9 Å². The summed E-state index contributed by atoms with van der Waals surface area (Å²) in [6.07, 6.45) is 0.625. The van der Waals surface area contributed by atoms with Gasteiger partial charge >= 0.3 is 12.1 Å². The van der Waals surface area contributed by atoms with Crippen molar-refractivity contribution in [3.05, 3.63) is 59.7 Å². The maximum Gasteiger partial charge on any atom is 0.407 e. The number of hydrogen-bond donors (Lipinski definition) is 2. The zero-order valence-electron chi connectivity index (χ0n) is 15.8. The summed E-state index contributed by atoms with van der Waals surface area (Å²) in [6, 6.07) is 16.5. The summed E-state index contributed by atoms with van der Waals surface area (Å²) in [7, 11) is 1.38. The van der Waals surface area contributed by atoms with Crippen LogP contribution in [-0.4, -0.2) is 38.2 Å². The Balaban J connectivity index is 1.40. The van der Waals surface area contributed by atoms with E-state index in [1.165, 1.54) is 41.3 Å². The van der Waals surface area contributed by atoms with Crippen LogP contribution in [0.15, 0.2) is 48.5 Å². The molecule has 0 saturated carbocycles. The summed E-state index contributed by atoms with van der Waals surface area (Å²) in [5, 5.41) is 2.71. The lowest BCUT2D eigenvalue weighted by molar-refractivity contribution is -0.140. The van der Waals surface area contributed by atoms with Gasteiger partial charge in [0.1, 0.15) is 6.61 Å². The largest absolute Gasteiger partial charge is 0.469 e. The van der Waals surface area contributed by atoms with E-state index in [1.54, 1.807) is 0 Å². The van der Waals surface area contributed by atoms with Crippen molar-refractivity contribution in [3.8, 4) is 11.1 Å². The van der Waals surface area contributed by atoms with Gasteiger partial charge in [-0.05, 0) is 28.7 Å². The van der Waals surface area contributed by atoms with Gasteiger partial charge in [0.2, 0.25) is 0 Å². The molecule has 28 heavy (non-hydrogen) atoms. The maximum atomic E-state index is 12.0. The van der Waals surface area contributed by atoms with Gasteiger partial charge in [0.25, 0.3) is 0 Å². The van der Waals surface area contributed by atoms with E-state index in [0.717, 1.165) is 0 Å². The fraction of sp³-hybridized carbons (Fsp3) is 0.333. The Labute approximate surface area is 169 Å². The van der Waals surface area contributed by atoms with Gasteiger partial charge in [-0.1, -0.05) is 60.5 Å². The molecule has 2 aromatic rings. The van der Waals surface area contributed by atoms with E-state index in [2.05, 4.69) is 39.0 Å². The highest BCUT2D eigenvalue weighted by Gasteiger charge is 2.28. The number of hydrogen-bond acceptors (Lipinski definition) is 6. The van der Waals surface area contributed by atoms with E-state index in [-0.39, 0.29) is 11.9 Å². The number of benzene rings is 2. The highest BCUT2D eigenvalue weighted by molar-refractivity contribution is 7.97. The van der Waals surface area contributed by atoms with Crippen LogP contribution < -0.4 is 10.0 Å². The number of methoxy groups -OCH3 is 1. The topological polar surface area (TPSA) is 76.7 Å². The average molecular weight is 401 g/mol. The van der Waals surface area contributed by atoms with Gasteiger partial charge in [-0.2, -0.15) is 0 Å². The Morgan fingerprint density at radius 2 is 1.68 bits per heavy atom. The highest BCUT2D eigenvalue weighted by Crippen LogP contribution is 2.44. The number of rotatable bonds is 9.